The molecule has 1 aromatic heterocycles. The van der Waals surface area contributed by atoms with Gasteiger partial charge in [0.05, 0.1) is 6.07 Å². The molecule has 0 unspecified atom stereocenters. The van der Waals surface area contributed by atoms with Gasteiger partial charge in [-0.25, -0.2) is 4.98 Å². The van der Waals surface area contributed by atoms with Gasteiger partial charge in [0, 0.05) is 10.7 Å². The highest BCUT2D eigenvalue weighted by atomic mass is 79.9. The molecule has 0 fully saturated rings. The molecule has 2 N–H and O–H groups in total. The van der Waals surface area contributed by atoms with Gasteiger partial charge in [-0.1, -0.05) is 0 Å². The minimum Gasteiger partial charge on any atom is -0.335 e. The Morgan fingerprint density at radius 1 is 1.53 bits per heavy atom. The van der Waals surface area contributed by atoms with E-state index in [1.165, 1.54) is 6.20 Å². The Balaban J connectivity index is 2.68. The van der Waals surface area contributed by atoms with E-state index in [-0.39, 0.29) is 6.54 Å². The third-order valence-electron chi connectivity index (χ3n) is 1.81. The average Bonchev–Trinajstić information content (AvgIpc) is 2.29. The van der Waals surface area contributed by atoms with Crippen molar-refractivity contribution in [1.29, 1.82) is 5.26 Å². The minimum absolute atomic E-state index is 0.209. The Labute approximate surface area is 106 Å². The zero-order chi connectivity index (χ0) is 12.8. The Kier molecular flexibility index (Phi) is 4.60. The van der Waals surface area contributed by atoms with E-state index < -0.39 is 11.8 Å². The second kappa shape index (κ2) is 5.96. The molecule has 0 bridgehead atoms. The Morgan fingerprint density at radius 2 is 2.24 bits per heavy atom. The van der Waals surface area contributed by atoms with Gasteiger partial charge in [-0.3, -0.25) is 9.59 Å². The number of aryl methyl sites for hydroxylation is 1. The van der Waals surface area contributed by atoms with Crippen molar-refractivity contribution in [2.75, 3.05) is 11.9 Å². The number of hydrogen-bond donors (Lipinski definition) is 2. The summed E-state index contributed by atoms with van der Waals surface area (Å²) in [7, 11) is 0. The maximum Gasteiger partial charge on any atom is 0.314 e. The molecule has 0 saturated carbocycles. The predicted octanol–water partition coefficient (Wildman–Crippen LogP) is 0.731. The highest BCUT2D eigenvalue weighted by Gasteiger charge is 2.14. The number of nitrogens with zero attached hydrogens (tertiary/aromatic N) is 2. The molecular formula is C10H9BrN4O2. The number of anilines is 1. The zero-order valence-corrected chi connectivity index (χ0v) is 10.5. The first-order chi connectivity index (χ1) is 8.04. The maximum atomic E-state index is 11.4. The van der Waals surface area contributed by atoms with Crippen LogP contribution in [-0.2, 0) is 9.59 Å². The molecular weight excluding hydrogens is 288 g/mol. The molecule has 0 radical (unpaired) electrons. The van der Waals surface area contributed by atoms with Crippen LogP contribution in [0, 0.1) is 18.3 Å². The van der Waals surface area contributed by atoms with E-state index in [0.717, 1.165) is 10.0 Å². The lowest BCUT2D eigenvalue weighted by Gasteiger charge is -2.06. The third kappa shape index (κ3) is 3.85. The Bertz CT molecular complexity index is 496. The number of hydrogen-bond acceptors (Lipinski definition) is 4. The predicted molar refractivity (Wildman–Crippen MR) is 63.9 cm³/mol. The third-order valence-corrected chi connectivity index (χ3v) is 2.24. The highest BCUT2D eigenvalue weighted by molar-refractivity contribution is 9.10. The van der Waals surface area contributed by atoms with Crippen molar-refractivity contribution in [1.82, 2.24) is 10.3 Å². The number of pyridine rings is 1. The lowest BCUT2D eigenvalue weighted by Crippen LogP contribution is -2.35. The van der Waals surface area contributed by atoms with Crippen molar-refractivity contribution in [2.24, 2.45) is 0 Å². The molecule has 17 heavy (non-hydrogen) atoms. The van der Waals surface area contributed by atoms with E-state index in [1.807, 2.05) is 0 Å². The molecule has 0 spiro atoms. The number of carbonyl (C=O) groups excluding carboxylic acids is 2. The fourth-order valence-corrected chi connectivity index (χ4v) is 1.48. The molecule has 2 amide bonds. The van der Waals surface area contributed by atoms with Gasteiger partial charge in [-0.05, 0) is 34.5 Å². The van der Waals surface area contributed by atoms with Crippen molar-refractivity contribution in [3.05, 3.63) is 22.3 Å². The maximum absolute atomic E-state index is 11.4. The van der Waals surface area contributed by atoms with E-state index in [2.05, 4.69) is 31.5 Å². The molecule has 1 rings (SSSR count). The summed E-state index contributed by atoms with van der Waals surface area (Å²) in [4.78, 5) is 26.5. The van der Waals surface area contributed by atoms with Crippen molar-refractivity contribution in [3.63, 3.8) is 0 Å². The summed E-state index contributed by atoms with van der Waals surface area (Å²) in [6, 6.07) is 3.46. The van der Waals surface area contributed by atoms with Crippen LogP contribution in [-0.4, -0.2) is 23.3 Å². The van der Waals surface area contributed by atoms with Crippen LogP contribution in [0.15, 0.2) is 16.7 Å². The van der Waals surface area contributed by atoms with Gasteiger partial charge in [0.25, 0.3) is 0 Å². The smallest absolute Gasteiger partial charge is 0.314 e. The summed E-state index contributed by atoms with van der Waals surface area (Å²) in [6.45, 7) is 1.54. The first-order valence-corrected chi connectivity index (χ1v) is 5.42. The molecule has 7 heteroatoms. The molecule has 0 aliphatic carbocycles. The lowest BCUT2D eigenvalue weighted by molar-refractivity contribution is -0.136. The summed E-state index contributed by atoms with van der Waals surface area (Å²) in [6.07, 6.45) is 1.51. The van der Waals surface area contributed by atoms with E-state index in [9.17, 15) is 9.59 Å². The zero-order valence-electron chi connectivity index (χ0n) is 8.95. The normalized spacial score (nSPS) is 9.24. The molecule has 0 aromatic carbocycles. The van der Waals surface area contributed by atoms with Crippen molar-refractivity contribution >= 4 is 33.6 Å². The van der Waals surface area contributed by atoms with E-state index in [1.54, 1.807) is 19.1 Å². The number of aromatic nitrogens is 1. The van der Waals surface area contributed by atoms with E-state index in [4.69, 9.17) is 5.26 Å². The van der Waals surface area contributed by atoms with Gasteiger partial charge in [-0.2, -0.15) is 5.26 Å². The van der Waals surface area contributed by atoms with E-state index in [0.29, 0.717) is 5.82 Å². The van der Waals surface area contributed by atoms with Crippen LogP contribution in [0.4, 0.5) is 5.82 Å². The fourth-order valence-electron chi connectivity index (χ4n) is 1.04. The number of rotatable bonds is 2. The molecule has 1 aromatic rings. The monoisotopic (exact) mass is 296 g/mol. The number of amides is 2. The van der Waals surface area contributed by atoms with Gasteiger partial charge in [0.2, 0.25) is 0 Å². The fraction of sp³-hybridized carbons (Fsp3) is 0.200. The van der Waals surface area contributed by atoms with Gasteiger partial charge >= 0.3 is 11.8 Å². The Hall–Kier alpha value is -1.94. The van der Waals surface area contributed by atoms with Gasteiger partial charge in [-0.15, -0.1) is 0 Å². The van der Waals surface area contributed by atoms with Crippen LogP contribution in [0.5, 0.6) is 0 Å². The summed E-state index contributed by atoms with van der Waals surface area (Å²) in [5, 5.41) is 12.7. The number of nitrogens with one attached hydrogen (secondary N) is 2. The summed E-state index contributed by atoms with van der Waals surface area (Å²) < 4.78 is 0.780. The van der Waals surface area contributed by atoms with Crippen LogP contribution in [0.1, 0.15) is 5.56 Å². The summed E-state index contributed by atoms with van der Waals surface area (Å²) in [5.41, 5.74) is 0.723. The standard InChI is InChI=1S/C10H9BrN4O2/c1-6-4-7(11)5-14-8(6)15-10(17)9(16)13-3-2-12/h4-5H,3H2,1H3,(H,13,16)(H,14,15,17). The van der Waals surface area contributed by atoms with Crippen LogP contribution >= 0.6 is 15.9 Å². The highest BCUT2D eigenvalue weighted by Crippen LogP contribution is 2.16. The Morgan fingerprint density at radius 3 is 2.82 bits per heavy atom. The van der Waals surface area contributed by atoms with Gasteiger partial charge < -0.3 is 10.6 Å². The number of halogens is 1. The average molecular weight is 297 g/mol. The molecule has 6 nitrogen and oxygen atoms in total. The van der Waals surface area contributed by atoms with Crippen LogP contribution < -0.4 is 10.6 Å². The van der Waals surface area contributed by atoms with Crippen LogP contribution in [0.3, 0.4) is 0 Å². The van der Waals surface area contributed by atoms with Crippen LogP contribution in [0.25, 0.3) is 0 Å². The van der Waals surface area contributed by atoms with Gasteiger partial charge in [0.15, 0.2) is 0 Å². The van der Waals surface area contributed by atoms with E-state index >= 15 is 0 Å². The van der Waals surface area contributed by atoms with Crippen molar-refractivity contribution in [3.8, 4) is 6.07 Å². The molecule has 1 heterocycles. The first kappa shape index (κ1) is 13.1. The first-order valence-electron chi connectivity index (χ1n) is 4.63. The largest absolute Gasteiger partial charge is 0.335 e. The summed E-state index contributed by atoms with van der Waals surface area (Å²) in [5.74, 6) is -1.40. The molecule has 0 atom stereocenters. The van der Waals surface area contributed by atoms with Crippen molar-refractivity contribution in [2.45, 2.75) is 6.92 Å². The molecule has 0 aliphatic heterocycles. The van der Waals surface area contributed by atoms with Crippen LogP contribution in [0.2, 0.25) is 0 Å². The lowest BCUT2D eigenvalue weighted by atomic mass is 10.3. The minimum atomic E-state index is -0.865. The topological polar surface area (TPSA) is 94.9 Å². The second-order valence-corrected chi connectivity index (χ2v) is 4.03. The molecule has 0 saturated heterocycles. The SMILES string of the molecule is Cc1cc(Br)cnc1NC(=O)C(=O)NCC#N. The number of carbonyl (C=O) groups is 2. The second-order valence-electron chi connectivity index (χ2n) is 3.11. The molecule has 88 valence electrons. The van der Waals surface area contributed by atoms with Crippen molar-refractivity contribution < 1.29 is 9.59 Å². The van der Waals surface area contributed by atoms with Gasteiger partial charge in [0.1, 0.15) is 12.4 Å². The summed E-state index contributed by atoms with van der Waals surface area (Å²) >= 11 is 3.24. The molecule has 0 aliphatic rings. The number of nitriles is 1. The quantitative estimate of drug-likeness (QED) is 0.621.